The molecule has 0 spiro atoms. The van der Waals surface area contributed by atoms with Crippen LogP contribution >= 0.6 is 0 Å². The molecule has 9 N–H and O–H groups in total. The fourth-order valence-electron chi connectivity index (χ4n) is 3.03. The first-order valence-corrected chi connectivity index (χ1v) is 10.8. The Kier molecular flexibility index (Phi) is 11.0. The number of carboxylic acids is 1. The Bertz CT molecular complexity index is 886. The topological polar surface area (TPSA) is 214 Å². The highest BCUT2D eigenvalue weighted by Gasteiger charge is 2.31. The van der Waals surface area contributed by atoms with Crippen LogP contribution in [-0.2, 0) is 30.4 Å². The molecule has 0 aliphatic carbocycles. The highest BCUT2D eigenvalue weighted by Crippen LogP contribution is 2.12. The van der Waals surface area contributed by atoms with Crippen molar-refractivity contribution < 1.29 is 34.2 Å². The third kappa shape index (κ3) is 9.86. The number of phenols is 1. The van der Waals surface area contributed by atoms with E-state index in [1.807, 2.05) is 0 Å². The van der Waals surface area contributed by atoms with Crippen LogP contribution in [0, 0.1) is 5.92 Å². The summed E-state index contributed by atoms with van der Waals surface area (Å²) >= 11 is 0. The van der Waals surface area contributed by atoms with Gasteiger partial charge in [0, 0.05) is 6.42 Å². The number of carboxylic acid groups (broad SMARTS) is 1. The predicted octanol–water partition coefficient (Wildman–Crippen LogP) is -1.26. The molecule has 0 aliphatic rings. The van der Waals surface area contributed by atoms with Crippen LogP contribution in [0.1, 0.15) is 39.2 Å². The van der Waals surface area contributed by atoms with Gasteiger partial charge in [-0.3, -0.25) is 19.2 Å². The summed E-state index contributed by atoms with van der Waals surface area (Å²) < 4.78 is 0. The van der Waals surface area contributed by atoms with Gasteiger partial charge < -0.3 is 37.6 Å². The smallest absolute Gasteiger partial charge is 0.326 e. The van der Waals surface area contributed by atoms with Gasteiger partial charge >= 0.3 is 5.97 Å². The van der Waals surface area contributed by atoms with Gasteiger partial charge in [-0.1, -0.05) is 26.0 Å². The summed E-state index contributed by atoms with van der Waals surface area (Å²) in [6.45, 7) is 5.05. The second-order valence-corrected chi connectivity index (χ2v) is 8.48. The normalized spacial score (nSPS) is 14.4. The van der Waals surface area contributed by atoms with Gasteiger partial charge in [-0.25, -0.2) is 4.79 Å². The molecule has 0 saturated heterocycles. The van der Waals surface area contributed by atoms with Crippen molar-refractivity contribution in [3.05, 3.63) is 29.8 Å². The van der Waals surface area contributed by atoms with Crippen LogP contribution in [0.2, 0.25) is 0 Å². The first kappa shape index (κ1) is 28.4. The third-order valence-electron chi connectivity index (χ3n) is 4.78. The second-order valence-electron chi connectivity index (χ2n) is 8.48. The zero-order valence-electron chi connectivity index (χ0n) is 19.4. The Morgan fingerprint density at radius 2 is 1.35 bits per heavy atom. The van der Waals surface area contributed by atoms with Crippen molar-refractivity contribution in [2.45, 2.75) is 64.2 Å². The van der Waals surface area contributed by atoms with Crippen molar-refractivity contribution >= 4 is 29.6 Å². The van der Waals surface area contributed by atoms with Gasteiger partial charge in [0.15, 0.2) is 0 Å². The molecule has 0 aliphatic heterocycles. The van der Waals surface area contributed by atoms with Crippen molar-refractivity contribution in [2.24, 2.45) is 17.4 Å². The highest BCUT2D eigenvalue weighted by atomic mass is 16.4. The van der Waals surface area contributed by atoms with Crippen molar-refractivity contribution in [2.75, 3.05) is 0 Å². The number of aromatic hydroxyl groups is 1. The number of rotatable bonds is 13. The number of benzene rings is 1. The summed E-state index contributed by atoms with van der Waals surface area (Å²) in [6, 6.07) is 1.32. The van der Waals surface area contributed by atoms with E-state index in [1.165, 1.54) is 19.1 Å². The van der Waals surface area contributed by atoms with E-state index < -0.39 is 60.2 Å². The number of carbonyl (C=O) groups is 5. The van der Waals surface area contributed by atoms with Crippen molar-refractivity contribution in [3.63, 3.8) is 0 Å². The van der Waals surface area contributed by atoms with Crippen LogP contribution in [0.5, 0.6) is 5.75 Å². The number of primary amides is 1. The lowest BCUT2D eigenvalue weighted by molar-refractivity contribution is -0.143. The van der Waals surface area contributed by atoms with Gasteiger partial charge in [0.25, 0.3) is 0 Å². The number of hydrogen-bond acceptors (Lipinski definition) is 7. The predicted molar refractivity (Wildman–Crippen MR) is 122 cm³/mol. The Morgan fingerprint density at radius 3 is 1.82 bits per heavy atom. The quantitative estimate of drug-likeness (QED) is 0.181. The number of phenolic OH excluding ortho intramolecular Hbond substituents is 1. The Hall–Kier alpha value is -3.67. The molecule has 0 fully saturated rings. The minimum atomic E-state index is -1.55. The summed E-state index contributed by atoms with van der Waals surface area (Å²) in [4.78, 5) is 60.5. The second kappa shape index (κ2) is 13.1. The average molecular weight is 480 g/mol. The molecule has 188 valence electrons. The minimum Gasteiger partial charge on any atom is -0.508 e. The lowest BCUT2D eigenvalue weighted by atomic mass is 10.0. The lowest BCUT2D eigenvalue weighted by Crippen LogP contribution is -2.57. The maximum absolute atomic E-state index is 13.1. The first-order chi connectivity index (χ1) is 15.8. The number of carbonyl (C=O) groups excluding carboxylic acids is 4. The largest absolute Gasteiger partial charge is 0.508 e. The van der Waals surface area contributed by atoms with E-state index in [9.17, 15) is 34.2 Å². The standard InChI is InChI=1S/C22H33N5O7/c1-11(2)8-15(20(31)27-17(22(33)34)10-18(24)29)26-21(32)16(25-19(30)12(3)23)9-13-4-6-14(28)7-5-13/h4-7,11-12,15-17,28H,8-10,23H2,1-3H3,(H2,24,29)(H,25,30)(H,26,32)(H,27,31)(H,33,34). The zero-order valence-corrected chi connectivity index (χ0v) is 19.4. The molecule has 0 aromatic heterocycles. The summed E-state index contributed by atoms with van der Waals surface area (Å²) in [5.74, 6) is -4.48. The minimum absolute atomic E-state index is 0.0296. The van der Waals surface area contributed by atoms with Crippen molar-refractivity contribution in [1.29, 1.82) is 0 Å². The summed E-state index contributed by atoms with van der Waals surface area (Å²) in [6.07, 6.45) is -0.412. The molecule has 4 unspecified atom stereocenters. The van der Waals surface area contributed by atoms with Crippen LogP contribution < -0.4 is 27.4 Å². The summed E-state index contributed by atoms with van der Waals surface area (Å²) in [5.41, 5.74) is 11.3. The van der Waals surface area contributed by atoms with E-state index >= 15 is 0 Å². The van der Waals surface area contributed by atoms with Gasteiger partial charge in [-0.05, 0) is 37.0 Å². The van der Waals surface area contributed by atoms with E-state index in [2.05, 4.69) is 16.0 Å². The van der Waals surface area contributed by atoms with E-state index in [0.29, 0.717) is 5.56 Å². The molecule has 1 aromatic rings. The molecular formula is C22H33N5O7. The van der Waals surface area contributed by atoms with E-state index in [4.69, 9.17) is 11.5 Å². The SMILES string of the molecule is CC(C)CC(NC(=O)C(Cc1ccc(O)cc1)NC(=O)C(C)N)C(=O)NC(CC(N)=O)C(=O)O. The molecule has 34 heavy (non-hydrogen) atoms. The maximum Gasteiger partial charge on any atom is 0.326 e. The van der Waals surface area contributed by atoms with Crippen molar-refractivity contribution in [1.82, 2.24) is 16.0 Å². The van der Waals surface area contributed by atoms with E-state index in [1.54, 1.807) is 26.0 Å². The van der Waals surface area contributed by atoms with Crippen LogP contribution in [0.15, 0.2) is 24.3 Å². The van der Waals surface area contributed by atoms with Gasteiger partial charge in [0.2, 0.25) is 23.6 Å². The number of aliphatic carboxylic acids is 1. The molecule has 4 atom stereocenters. The van der Waals surface area contributed by atoms with Gasteiger partial charge in [0.1, 0.15) is 23.9 Å². The van der Waals surface area contributed by atoms with Crippen molar-refractivity contribution in [3.8, 4) is 5.75 Å². The molecule has 1 rings (SSSR count). The highest BCUT2D eigenvalue weighted by molar-refractivity contribution is 5.95. The van der Waals surface area contributed by atoms with Crippen LogP contribution in [-0.4, -0.2) is 64.0 Å². The maximum atomic E-state index is 13.1. The van der Waals surface area contributed by atoms with E-state index in [-0.39, 0.29) is 24.5 Å². The zero-order chi connectivity index (χ0) is 26.0. The monoisotopic (exact) mass is 479 g/mol. The third-order valence-corrected chi connectivity index (χ3v) is 4.78. The molecule has 0 radical (unpaired) electrons. The molecule has 12 nitrogen and oxygen atoms in total. The fourth-order valence-corrected chi connectivity index (χ4v) is 3.03. The molecular weight excluding hydrogens is 446 g/mol. The molecule has 12 heteroatoms. The average Bonchev–Trinajstić information content (AvgIpc) is 2.72. The number of nitrogens with one attached hydrogen (secondary N) is 3. The first-order valence-electron chi connectivity index (χ1n) is 10.8. The number of nitrogens with two attached hydrogens (primary N) is 2. The summed E-state index contributed by atoms with van der Waals surface area (Å²) in [7, 11) is 0. The van der Waals surface area contributed by atoms with Crippen LogP contribution in [0.4, 0.5) is 0 Å². The summed E-state index contributed by atoms with van der Waals surface area (Å²) in [5, 5.41) is 26.0. The molecule has 1 aromatic carbocycles. The molecule has 4 amide bonds. The fraction of sp³-hybridized carbons (Fsp3) is 0.500. The Labute approximate surface area is 197 Å². The molecule has 0 saturated carbocycles. The van der Waals surface area contributed by atoms with Crippen LogP contribution in [0.25, 0.3) is 0 Å². The van der Waals surface area contributed by atoms with Gasteiger partial charge in [-0.15, -0.1) is 0 Å². The Balaban J connectivity index is 3.09. The Morgan fingerprint density at radius 1 is 0.853 bits per heavy atom. The number of hydrogen-bond donors (Lipinski definition) is 7. The number of amides is 4. The van der Waals surface area contributed by atoms with Gasteiger partial charge in [-0.2, -0.15) is 0 Å². The van der Waals surface area contributed by atoms with Gasteiger partial charge in [0.05, 0.1) is 12.5 Å². The molecule has 0 bridgehead atoms. The van der Waals surface area contributed by atoms with Crippen LogP contribution in [0.3, 0.4) is 0 Å². The lowest BCUT2D eigenvalue weighted by Gasteiger charge is -2.26. The molecule has 0 heterocycles. The van der Waals surface area contributed by atoms with E-state index in [0.717, 1.165) is 0 Å².